The van der Waals surface area contributed by atoms with Crippen LogP contribution in [-0.4, -0.2) is 48.1 Å². The van der Waals surface area contributed by atoms with Gasteiger partial charge in [-0.1, -0.05) is 0 Å². The van der Waals surface area contributed by atoms with E-state index in [1.807, 2.05) is 6.92 Å². The van der Waals surface area contributed by atoms with Gasteiger partial charge in [0.05, 0.1) is 24.9 Å². The molecule has 6 heteroatoms. The van der Waals surface area contributed by atoms with Gasteiger partial charge in [-0.2, -0.15) is 0 Å². The second kappa shape index (κ2) is 5.46. The number of carboxylic acids is 1. The van der Waals surface area contributed by atoms with Gasteiger partial charge in [-0.05, 0) is 25.1 Å². The number of benzene rings is 1. The van der Waals surface area contributed by atoms with Gasteiger partial charge in [0.25, 0.3) is 0 Å². The lowest BCUT2D eigenvalue weighted by molar-refractivity contribution is -0.0103. The van der Waals surface area contributed by atoms with E-state index in [9.17, 15) is 4.79 Å². The summed E-state index contributed by atoms with van der Waals surface area (Å²) < 4.78 is 5.47. The van der Waals surface area contributed by atoms with Crippen molar-refractivity contribution in [1.29, 1.82) is 0 Å². The molecule has 0 amide bonds. The van der Waals surface area contributed by atoms with E-state index in [4.69, 9.17) is 20.7 Å². The summed E-state index contributed by atoms with van der Waals surface area (Å²) in [6, 6.07) is 5.04. The second-order valence-electron chi connectivity index (χ2n) is 4.72. The predicted molar refractivity (Wildman–Crippen MR) is 71.4 cm³/mol. The first-order valence-corrected chi connectivity index (χ1v) is 6.15. The fourth-order valence-electron chi connectivity index (χ4n) is 2.21. The predicted octanol–water partition coefficient (Wildman–Crippen LogP) is 0.553. The van der Waals surface area contributed by atoms with Gasteiger partial charge in [0, 0.05) is 24.0 Å². The molecule has 104 valence electrons. The third-order valence-electron chi connectivity index (χ3n) is 3.31. The smallest absolute Gasteiger partial charge is 0.337 e. The van der Waals surface area contributed by atoms with Crippen LogP contribution in [-0.2, 0) is 4.74 Å². The van der Waals surface area contributed by atoms with Crippen LogP contribution in [0.4, 0.5) is 11.4 Å². The molecule has 2 unspecified atom stereocenters. The molecule has 1 aliphatic heterocycles. The number of morpholine rings is 1. The summed E-state index contributed by atoms with van der Waals surface area (Å²) in [5.74, 6) is -1.03. The number of rotatable bonds is 3. The molecular weight excluding hydrogens is 248 g/mol. The molecule has 0 aromatic heterocycles. The summed E-state index contributed by atoms with van der Waals surface area (Å²) in [6.07, 6.45) is -0.225. The first kappa shape index (κ1) is 13.6. The highest BCUT2D eigenvalue weighted by molar-refractivity contribution is 5.94. The number of nitrogens with two attached hydrogens (primary N) is 1. The highest BCUT2D eigenvalue weighted by Gasteiger charge is 2.26. The number of nitrogens with zero attached hydrogens (tertiary/aromatic N) is 1. The Labute approximate surface area is 111 Å². The molecular formula is C13H18N2O4. The molecule has 0 aliphatic carbocycles. The van der Waals surface area contributed by atoms with Crippen molar-refractivity contribution in [2.75, 3.05) is 30.4 Å². The fraction of sp³-hybridized carbons (Fsp3) is 0.462. The van der Waals surface area contributed by atoms with E-state index in [1.54, 1.807) is 12.1 Å². The van der Waals surface area contributed by atoms with Gasteiger partial charge in [0.15, 0.2) is 0 Å². The van der Waals surface area contributed by atoms with Crippen LogP contribution >= 0.6 is 0 Å². The van der Waals surface area contributed by atoms with Crippen LogP contribution < -0.4 is 10.6 Å². The number of aromatic carboxylic acids is 1. The van der Waals surface area contributed by atoms with Gasteiger partial charge < -0.3 is 25.6 Å². The van der Waals surface area contributed by atoms with Gasteiger partial charge in [-0.3, -0.25) is 0 Å². The van der Waals surface area contributed by atoms with Crippen LogP contribution in [0.25, 0.3) is 0 Å². The Kier molecular flexibility index (Phi) is 3.92. The van der Waals surface area contributed by atoms with Gasteiger partial charge >= 0.3 is 5.97 Å². The van der Waals surface area contributed by atoms with Crippen LogP contribution in [0, 0.1) is 0 Å². The van der Waals surface area contributed by atoms with E-state index in [1.165, 1.54) is 6.07 Å². The van der Waals surface area contributed by atoms with Crippen molar-refractivity contribution in [3.8, 4) is 0 Å². The van der Waals surface area contributed by atoms with Gasteiger partial charge in [-0.15, -0.1) is 0 Å². The van der Waals surface area contributed by atoms with E-state index in [-0.39, 0.29) is 30.0 Å². The molecule has 1 saturated heterocycles. The highest BCUT2D eigenvalue weighted by Crippen LogP contribution is 2.25. The Bertz CT molecular complexity index is 478. The average Bonchev–Trinajstić information content (AvgIpc) is 2.38. The monoisotopic (exact) mass is 266 g/mol. The van der Waals surface area contributed by atoms with Crippen molar-refractivity contribution in [2.24, 2.45) is 0 Å². The third kappa shape index (κ3) is 2.80. The summed E-state index contributed by atoms with van der Waals surface area (Å²) in [7, 11) is 0. The SMILES string of the molecule is CC1COC(CO)CN1c1ccc(C(=O)O)c(N)c1. The van der Waals surface area contributed by atoms with E-state index in [0.717, 1.165) is 5.69 Å². The fourth-order valence-corrected chi connectivity index (χ4v) is 2.21. The maximum absolute atomic E-state index is 10.9. The van der Waals surface area contributed by atoms with Crippen LogP contribution in [0.1, 0.15) is 17.3 Å². The van der Waals surface area contributed by atoms with E-state index >= 15 is 0 Å². The van der Waals surface area contributed by atoms with E-state index < -0.39 is 5.97 Å². The summed E-state index contributed by atoms with van der Waals surface area (Å²) >= 11 is 0. The Balaban J connectivity index is 2.25. The lowest BCUT2D eigenvalue weighted by Crippen LogP contribution is -2.49. The quantitative estimate of drug-likeness (QED) is 0.692. The number of carboxylic acid groups (broad SMARTS) is 1. The van der Waals surface area contributed by atoms with Crippen LogP contribution in [0.5, 0.6) is 0 Å². The summed E-state index contributed by atoms with van der Waals surface area (Å²) in [6.45, 7) is 3.05. The number of hydrogen-bond acceptors (Lipinski definition) is 5. The number of hydrogen-bond donors (Lipinski definition) is 3. The van der Waals surface area contributed by atoms with Gasteiger partial charge in [-0.25, -0.2) is 4.79 Å². The maximum atomic E-state index is 10.9. The molecule has 1 aromatic rings. The Morgan fingerprint density at radius 2 is 2.32 bits per heavy atom. The number of aliphatic hydroxyl groups is 1. The molecule has 0 spiro atoms. The minimum absolute atomic E-state index is 0.0358. The van der Waals surface area contributed by atoms with E-state index in [2.05, 4.69) is 4.90 Å². The van der Waals surface area contributed by atoms with Crippen molar-refractivity contribution >= 4 is 17.3 Å². The zero-order chi connectivity index (χ0) is 14.0. The zero-order valence-corrected chi connectivity index (χ0v) is 10.7. The number of carbonyl (C=O) groups is 1. The molecule has 1 fully saturated rings. The largest absolute Gasteiger partial charge is 0.478 e. The van der Waals surface area contributed by atoms with Crippen molar-refractivity contribution < 1.29 is 19.7 Å². The first-order valence-electron chi connectivity index (χ1n) is 6.15. The van der Waals surface area contributed by atoms with Crippen molar-refractivity contribution in [1.82, 2.24) is 0 Å². The molecule has 2 rings (SSSR count). The van der Waals surface area contributed by atoms with Crippen molar-refractivity contribution in [3.05, 3.63) is 23.8 Å². The molecule has 0 saturated carbocycles. The summed E-state index contributed by atoms with van der Waals surface area (Å²) in [5.41, 5.74) is 6.94. The number of ether oxygens (including phenoxy) is 1. The second-order valence-corrected chi connectivity index (χ2v) is 4.72. The molecule has 2 atom stereocenters. The molecule has 1 heterocycles. The van der Waals surface area contributed by atoms with Gasteiger partial charge in [0.1, 0.15) is 0 Å². The lowest BCUT2D eigenvalue weighted by atomic mass is 10.1. The maximum Gasteiger partial charge on any atom is 0.337 e. The van der Waals surface area contributed by atoms with Crippen molar-refractivity contribution in [3.63, 3.8) is 0 Å². The lowest BCUT2D eigenvalue weighted by Gasteiger charge is -2.39. The third-order valence-corrected chi connectivity index (χ3v) is 3.31. The van der Waals surface area contributed by atoms with Crippen molar-refractivity contribution in [2.45, 2.75) is 19.1 Å². The van der Waals surface area contributed by atoms with E-state index in [0.29, 0.717) is 13.2 Å². The molecule has 4 N–H and O–H groups in total. The van der Waals surface area contributed by atoms with Gasteiger partial charge in [0.2, 0.25) is 0 Å². The number of aliphatic hydroxyl groups excluding tert-OH is 1. The van der Waals surface area contributed by atoms with Crippen LogP contribution in [0.3, 0.4) is 0 Å². The van der Waals surface area contributed by atoms with Crippen LogP contribution in [0.15, 0.2) is 18.2 Å². The topological polar surface area (TPSA) is 96.0 Å². The minimum Gasteiger partial charge on any atom is -0.478 e. The summed E-state index contributed by atoms with van der Waals surface area (Å²) in [4.78, 5) is 13.0. The number of nitrogen functional groups attached to an aromatic ring is 1. The first-order chi connectivity index (χ1) is 9.02. The average molecular weight is 266 g/mol. The normalized spacial score (nSPS) is 23.4. The highest BCUT2D eigenvalue weighted by atomic mass is 16.5. The zero-order valence-electron chi connectivity index (χ0n) is 10.7. The molecule has 6 nitrogen and oxygen atoms in total. The Morgan fingerprint density at radius 1 is 1.58 bits per heavy atom. The Hall–Kier alpha value is -1.79. The van der Waals surface area contributed by atoms with Crippen LogP contribution in [0.2, 0.25) is 0 Å². The molecule has 1 aliphatic rings. The molecule has 19 heavy (non-hydrogen) atoms. The summed E-state index contributed by atoms with van der Waals surface area (Å²) in [5, 5.41) is 18.1. The Morgan fingerprint density at radius 3 is 2.89 bits per heavy atom. The molecule has 0 radical (unpaired) electrons. The number of anilines is 2. The molecule has 1 aromatic carbocycles. The molecule has 0 bridgehead atoms. The minimum atomic E-state index is -1.03. The standard InChI is InChI=1S/C13H18N2O4/c1-8-7-19-10(6-16)5-15(8)9-2-3-11(13(17)18)12(14)4-9/h2-4,8,10,16H,5-7,14H2,1H3,(H,17,18).